The third-order valence-electron chi connectivity index (χ3n) is 3.95. The molecule has 5 heteroatoms. The zero-order valence-electron chi connectivity index (χ0n) is 13.6. The standard InChI is InChI=1S/C19H18N2O2S/c1-3-21-17-7-5-4-6-15(17)16-11-13(8-9-18(16)21)10-14(12-22)24-19(23)20-2/h4-12H,3H2,1-2H3,(H,20,23)/b14-10-. The van der Waals surface area contributed by atoms with Crippen molar-refractivity contribution in [1.29, 1.82) is 0 Å². The van der Waals surface area contributed by atoms with Crippen molar-refractivity contribution in [2.45, 2.75) is 13.5 Å². The van der Waals surface area contributed by atoms with Gasteiger partial charge in [0.1, 0.15) is 0 Å². The summed E-state index contributed by atoms with van der Waals surface area (Å²) in [4.78, 5) is 23.0. The zero-order chi connectivity index (χ0) is 17.1. The van der Waals surface area contributed by atoms with Gasteiger partial charge in [-0.05, 0) is 48.5 Å². The Morgan fingerprint density at radius 2 is 1.92 bits per heavy atom. The maximum Gasteiger partial charge on any atom is 0.283 e. The maximum absolute atomic E-state index is 11.4. The second kappa shape index (κ2) is 6.93. The van der Waals surface area contributed by atoms with Crippen molar-refractivity contribution in [2.75, 3.05) is 7.05 Å². The van der Waals surface area contributed by atoms with Crippen LogP contribution in [0, 0.1) is 0 Å². The molecule has 2 aromatic carbocycles. The Balaban J connectivity index is 2.13. The summed E-state index contributed by atoms with van der Waals surface area (Å²) >= 11 is 0.896. The van der Waals surface area contributed by atoms with Gasteiger partial charge in [0.05, 0.1) is 4.91 Å². The van der Waals surface area contributed by atoms with Crippen LogP contribution < -0.4 is 5.32 Å². The molecular formula is C19H18N2O2S. The predicted molar refractivity (Wildman–Crippen MR) is 101 cm³/mol. The molecule has 122 valence electrons. The Bertz CT molecular complexity index is 957. The first-order valence-electron chi connectivity index (χ1n) is 7.75. The lowest BCUT2D eigenvalue weighted by molar-refractivity contribution is -0.104. The number of benzene rings is 2. The minimum Gasteiger partial charge on any atom is -0.350 e. The van der Waals surface area contributed by atoms with E-state index in [0.29, 0.717) is 11.2 Å². The van der Waals surface area contributed by atoms with Gasteiger partial charge in [-0.1, -0.05) is 24.3 Å². The van der Waals surface area contributed by atoms with E-state index in [2.05, 4.69) is 41.1 Å². The molecule has 0 saturated heterocycles. The van der Waals surface area contributed by atoms with Crippen LogP contribution in [0.5, 0.6) is 0 Å². The van der Waals surface area contributed by atoms with Crippen molar-refractivity contribution in [3.63, 3.8) is 0 Å². The third-order valence-corrected chi connectivity index (χ3v) is 4.79. The smallest absolute Gasteiger partial charge is 0.283 e. The second-order valence-corrected chi connectivity index (χ2v) is 6.39. The van der Waals surface area contributed by atoms with Crippen LogP contribution in [0.15, 0.2) is 47.4 Å². The highest BCUT2D eigenvalue weighted by atomic mass is 32.2. The first-order valence-corrected chi connectivity index (χ1v) is 8.57. The molecule has 0 bridgehead atoms. The Labute approximate surface area is 144 Å². The first kappa shape index (κ1) is 16.3. The summed E-state index contributed by atoms with van der Waals surface area (Å²) in [5, 5.41) is 4.59. The van der Waals surface area contributed by atoms with Gasteiger partial charge in [0, 0.05) is 35.4 Å². The molecule has 0 unspecified atom stereocenters. The van der Waals surface area contributed by atoms with Gasteiger partial charge < -0.3 is 9.88 Å². The normalized spacial score (nSPS) is 11.8. The Morgan fingerprint density at radius 3 is 2.62 bits per heavy atom. The molecule has 0 aliphatic carbocycles. The second-order valence-electron chi connectivity index (χ2n) is 5.34. The molecule has 1 amide bonds. The quantitative estimate of drug-likeness (QED) is 0.566. The highest BCUT2D eigenvalue weighted by Gasteiger charge is 2.10. The summed E-state index contributed by atoms with van der Waals surface area (Å²) in [6, 6.07) is 14.4. The number of nitrogens with zero attached hydrogens (tertiary/aromatic N) is 1. The fraction of sp³-hybridized carbons (Fsp3) is 0.158. The van der Waals surface area contributed by atoms with Crippen LogP contribution in [0.25, 0.3) is 27.9 Å². The number of hydrogen-bond donors (Lipinski definition) is 1. The summed E-state index contributed by atoms with van der Waals surface area (Å²) in [6.45, 7) is 3.02. The van der Waals surface area contributed by atoms with Crippen molar-refractivity contribution in [2.24, 2.45) is 0 Å². The number of aromatic nitrogens is 1. The molecule has 0 radical (unpaired) electrons. The summed E-state index contributed by atoms with van der Waals surface area (Å²) in [5.74, 6) is 0. The van der Waals surface area contributed by atoms with Gasteiger partial charge in [0.15, 0.2) is 6.29 Å². The van der Waals surface area contributed by atoms with E-state index in [1.54, 1.807) is 13.1 Å². The Morgan fingerprint density at radius 1 is 1.17 bits per heavy atom. The number of aldehydes is 1. The minimum atomic E-state index is -0.253. The highest BCUT2D eigenvalue weighted by molar-refractivity contribution is 8.17. The lowest BCUT2D eigenvalue weighted by Crippen LogP contribution is -2.11. The molecule has 3 aromatic rings. The molecule has 1 aromatic heterocycles. The number of amides is 1. The molecular weight excluding hydrogens is 320 g/mol. The van der Waals surface area contributed by atoms with Crippen LogP contribution in [0.1, 0.15) is 12.5 Å². The van der Waals surface area contributed by atoms with Crippen LogP contribution in [-0.4, -0.2) is 23.1 Å². The molecule has 0 aliphatic heterocycles. The monoisotopic (exact) mass is 338 g/mol. The van der Waals surface area contributed by atoms with Crippen LogP contribution in [0.3, 0.4) is 0 Å². The Hall–Kier alpha value is -2.53. The van der Waals surface area contributed by atoms with Crippen LogP contribution in [0.4, 0.5) is 4.79 Å². The molecule has 0 aliphatic rings. The zero-order valence-corrected chi connectivity index (χ0v) is 14.4. The number of carbonyl (C=O) groups excluding carboxylic acids is 2. The third kappa shape index (κ3) is 2.95. The molecule has 0 atom stereocenters. The van der Waals surface area contributed by atoms with Crippen molar-refractivity contribution in [3.8, 4) is 0 Å². The topological polar surface area (TPSA) is 51.1 Å². The highest BCUT2D eigenvalue weighted by Crippen LogP contribution is 2.30. The Kier molecular flexibility index (Phi) is 4.71. The van der Waals surface area contributed by atoms with E-state index >= 15 is 0 Å². The van der Waals surface area contributed by atoms with E-state index < -0.39 is 0 Å². The average molecular weight is 338 g/mol. The number of nitrogens with one attached hydrogen (secondary N) is 1. The van der Waals surface area contributed by atoms with Crippen molar-refractivity contribution < 1.29 is 9.59 Å². The number of rotatable bonds is 4. The summed E-state index contributed by atoms with van der Waals surface area (Å²) in [5.41, 5.74) is 3.27. The van der Waals surface area contributed by atoms with Gasteiger partial charge in [0.25, 0.3) is 5.24 Å². The van der Waals surface area contributed by atoms with E-state index in [1.807, 2.05) is 18.2 Å². The summed E-state index contributed by atoms with van der Waals surface area (Å²) in [6.07, 6.45) is 2.45. The summed E-state index contributed by atoms with van der Waals surface area (Å²) in [7, 11) is 1.55. The van der Waals surface area contributed by atoms with E-state index in [1.165, 1.54) is 16.4 Å². The maximum atomic E-state index is 11.4. The molecule has 0 saturated carbocycles. The van der Waals surface area contributed by atoms with Crippen LogP contribution in [0.2, 0.25) is 0 Å². The number of fused-ring (bicyclic) bond motifs is 3. The number of hydrogen-bond acceptors (Lipinski definition) is 3. The van der Waals surface area contributed by atoms with Crippen molar-refractivity contribution >= 4 is 51.2 Å². The molecule has 0 spiro atoms. The van der Waals surface area contributed by atoms with Crippen LogP contribution in [-0.2, 0) is 11.3 Å². The van der Waals surface area contributed by atoms with E-state index in [4.69, 9.17) is 0 Å². The fourth-order valence-electron chi connectivity index (χ4n) is 2.91. The molecule has 3 rings (SSSR count). The van der Waals surface area contributed by atoms with Gasteiger partial charge in [-0.2, -0.15) is 0 Å². The number of carbonyl (C=O) groups is 2. The SMILES string of the molecule is CCn1c2ccccc2c2cc(/C=C(/C=O)SC(=O)NC)ccc21. The lowest BCUT2D eigenvalue weighted by Gasteiger charge is -2.03. The predicted octanol–water partition coefficient (Wildman–Crippen LogP) is 4.43. The molecule has 4 nitrogen and oxygen atoms in total. The first-order chi connectivity index (χ1) is 11.7. The number of para-hydroxylation sites is 1. The van der Waals surface area contributed by atoms with Gasteiger partial charge in [-0.3, -0.25) is 9.59 Å². The van der Waals surface area contributed by atoms with Gasteiger partial charge in [0.2, 0.25) is 0 Å². The number of allylic oxidation sites excluding steroid dienone is 1. The fourth-order valence-corrected chi connectivity index (χ4v) is 3.47. The van der Waals surface area contributed by atoms with Crippen LogP contribution >= 0.6 is 11.8 Å². The molecule has 24 heavy (non-hydrogen) atoms. The molecule has 0 fully saturated rings. The largest absolute Gasteiger partial charge is 0.350 e. The van der Waals surface area contributed by atoms with Gasteiger partial charge in [-0.15, -0.1) is 0 Å². The minimum absolute atomic E-state index is 0.253. The lowest BCUT2D eigenvalue weighted by atomic mass is 10.1. The van der Waals surface area contributed by atoms with E-state index in [9.17, 15) is 9.59 Å². The number of aryl methyl sites for hydroxylation is 1. The molecule has 1 heterocycles. The summed E-state index contributed by atoms with van der Waals surface area (Å²) < 4.78 is 2.28. The van der Waals surface area contributed by atoms with Crippen molar-refractivity contribution in [3.05, 3.63) is 52.9 Å². The molecule has 1 N–H and O–H groups in total. The van der Waals surface area contributed by atoms with Gasteiger partial charge >= 0.3 is 0 Å². The van der Waals surface area contributed by atoms with E-state index in [-0.39, 0.29) is 5.24 Å². The number of thioether (sulfide) groups is 1. The van der Waals surface area contributed by atoms with E-state index in [0.717, 1.165) is 29.3 Å². The van der Waals surface area contributed by atoms with Gasteiger partial charge in [-0.25, -0.2) is 0 Å². The van der Waals surface area contributed by atoms with Crippen molar-refractivity contribution in [1.82, 2.24) is 9.88 Å². The average Bonchev–Trinajstić information content (AvgIpc) is 2.94.